The molecule has 1 fully saturated rings. The summed E-state index contributed by atoms with van der Waals surface area (Å²) in [6.07, 6.45) is 3.77. The van der Waals surface area contributed by atoms with E-state index in [4.69, 9.17) is 4.74 Å². The van der Waals surface area contributed by atoms with Crippen LogP contribution in [0.3, 0.4) is 0 Å². The standard InChI is InChI=1S/C21H24N2O4/c24-19-10-4-16(5-11-19)14-21(26)27-15-20(25)22-17-6-8-18(9-7-17)23-12-2-1-3-13-23/h4-11,24H,1-3,12-15H2,(H,22,25). The van der Waals surface area contributed by atoms with Crippen LogP contribution in [0, 0.1) is 0 Å². The molecule has 0 unspecified atom stereocenters. The van der Waals surface area contributed by atoms with E-state index in [0.717, 1.165) is 18.8 Å². The number of esters is 1. The number of carbonyl (C=O) groups is 2. The van der Waals surface area contributed by atoms with Gasteiger partial charge in [0.05, 0.1) is 6.42 Å². The van der Waals surface area contributed by atoms with Crippen molar-refractivity contribution in [3.8, 4) is 5.75 Å². The molecule has 2 N–H and O–H groups in total. The highest BCUT2D eigenvalue weighted by Crippen LogP contribution is 2.21. The largest absolute Gasteiger partial charge is 0.508 e. The first-order valence-electron chi connectivity index (χ1n) is 9.18. The summed E-state index contributed by atoms with van der Waals surface area (Å²) in [7, 11) is 0. The molecule has 1 amide bonds. The lowest BCUT2D eigenvalue weighted by Crippen LogP contribution is -2.29. The van der Waals surface area contributed by atoms with E-state index in [1.54, 1.807) is 12.1 Å². The molecule has 1 aliphatic rings. The molecule has 0 aliphatic carbocycles. The van der Waals surface area contributed by atoms with E-state index in [2.05, 4.69) is 10.2 Å². The lowest BCUT2D eigenvalue weighted by molar-refractivity contribution is -0.146. The topological polar surface area (TPSA) is 78.9 Å². The number of nitrogens with zero attached hydrogens (tertiary/aromatic N) is 1. The highest BCUT2D eigenvalue weighted by molar-refractivity contribution is 5.93. The molecular weight excluding hydrogens is 344 g/mol. The molecular formula is C21H24N2O4. The third-order valence-electron chi connectivity index (χ3n) is 4.52. The van der Waals surface area contributed by atoms with Crippen LogP contribution in [0.5, 0.6) is 5.75 Å². The zero-order valence-corrected chi connectivity index (χ0v) is 15.2. The van der Waals surface area contributed by atoms with Crippen molar-refractivity contribution in [1.29, 1.82) is 0 Å². The zero-order valence-electron chi connectivity index (χ0n) is 15.2. The third-order valence-corrected chi connectivity index (χ3v) is 4.52. The monoisotopic (exact) mass is 368 g/mol. The van der Waals surface area contributed by atoms with E-state index >= 15 is 0 Å². The number of ether oxygens (including phenoxy) is 1. The Kier molecular flexibility index (Phi) is 6.30. The minimum Gasteiger partial charge on any atom is -0.508 e. The van der Waals surface area contributed by atoms with Gasteiger partial charge in [-0.25, -0.2) is 0 Å². The predicted octanol–water partition coefficient (Wildman–Crippen LogP) is 3.11. The molecule has 2 aromatic carbocycles. The Labute approximate surface area is 158 Å². The second-order valence-electron chi connectivity index (χ2n) is 6.65. The van der Waals surface area contributed by atoms with E-state index in [9.17, 15) is 14.7 Å². The van der Waals surface area contributed by atoms with Gasteiger partial charge < -0.3 is 20.1 Å². The predicted molar refractivity (Wildman–Crippen MR) is 104 cm³/mol. The van der Waals surface area contributed by atoms with Crippen LogP contribution in [-0.4, -0.2) is 36.7 Å². The highest BCUT2D eigenvalue weighted by atomic mass is 16.5. The number of nitrogens with one attached hydrogen (secondary N) is 1. The summed E-state index contributed by atoms with van der Waals surface area (Å²) in [5, 5.41) is 12.0. The molecule has 0 aromatic heterocycles. The molecule has 1 heterocycles. The molecule has 0 radical (unpaired) electrons. The van der Waals surface area contributed by atoms with Crippen LogP contribution in [0.25, 0.3) is 0 Å². The molecule has 0 saturated carbocycles. The van der Waals surface area contributed by atoms with Crippen molar-refractivity contribution in [2.75, 3.05) is 29.9 Å². The second-order valence-corrected chi connectivity index (χ2v) is 6.65. The van der Waals surface area contributed by atoms with Gasteiger partial charge in [-0.2, -0.15) is 0 Å². The van der Waals surface area contributed by atoms with Gasteiger partial charge in [-0.1, -0.05) is 12.1 Å². The molecule has 142 valence electrons. The van der Waals surface area contributed by atoms with Crippen LogP contribution < -0.4 is 10.2 Å². The SMILES string of the molecule is O=C(COC(=O)Cc1ccc(O)cc1)Nc1ccc(N2CCCCC2)cc1. The Bertz CT molecular complexity index is 766. The van der Waals surface area contributed by atoms with Gasteiger partial charge in [0.25, 0.3) is 5.91 Å². The van der Waals surface area contributed by atoms with Crippen molar-refractivity contribution in [2.45, 2.75) is 25.7 Å². The first-order valence-corrected chi connectivity index (χ1v) is 9.18. The maximum Gasteiger partial charge on any atom is 0.310 e. The fourth-order valence-corrected chi connectivity index (χ4v) is 3.08. The molecule has 0 bridgehead atoms. The fourth-order valence-electron chi connectivity index (χ4n) is 3.08. The normalized spacial score (nSPS) is 13.9. The molecule has 3 rings (SSSR count). The molecule has 27 heavy (non-hydrogen) atoms. The van der Waals surface area contributed by atoms with Crippen LogP contribution in [-0.2, 0) is 20.7 Å². The Morgan fingerprint density at radius 1 is 0.963 bits per heavy atom. The van der Waals surface area contributed by atoms with Gasteiger partial charge in [0.1, 0.15) is 5.75 Å². The Hall–Kier alpha value is -3.02. The molecule has 1 aliphatic heterocycles. The highest BCUT2D eigenvalue weighted by Gasteiger charge is 2.12. The van der Waals surface area contributed by atoms with E-state index < -0.39 is 5.97 Å². The number of phenolic OH excluding ortho intramolecular Hbond substituents is 1. The summed E-state index contributed by atoms with van der Waals surface area (Å²) >= 11 is 0. The van der Waals surface area contributed by atoms with Crippen molar-refractivity contribution in [3.63, 3.8) is 0 Å². The van der Waals surface area contributed by atoms with E-state index in [-0.39, 0.29) is 24.7 Å². The second kappa shape index (κ2) is 9.07. The number of aromatic hydroxyl groups is 1. The number of benzene rings is 2. The van der Waals surface area contributed by atoms with Crippen LogP contribution >= 0.6 is 0 Å². The lowest BCUT2D eigenvalue weighted by atomic mass is 10.1. The van der Waals surface area contributed by atoms with Crippen molar-refractivity contribution in [1.82, 2.24) is 0 Å². The molecule has 0 spiro atoms. The quantitative estimate of drug-likeness (QED) is 0.766. The Balaban J connectivity index is 1.43. The maximum atomic E-state index is 12.0. The van der Waals surface area contributed by atoms with Gasteiger partial charge in [-0.05, 0) is 61.2 Å². The summed E-state index contributed by atoms with van der Waals surface area (Å²) in [6.45, 7) is 1.82. The van der Waals surface area contributed by atoms with Gasteiger partial charge in [-0.3, -0.25) is 9.59 Å². The van der Waals surface area contributed by atoms with E-state index in [1.807, 2.05) is 24.3 Å². The van der Waals surface area contributed by atoms with Gasteiger partial charge in [0, 0.05) is 24.5 Å². The molecule has 1 saturated heterocycles. The van der Waals surface area contributed by atoms with Gasteiger partial charge in [-0.15, -0.1) is 0 Å². The summed E-state index contributed by atoms with van der Waals surface area (Å²) in [5.74, 6) is -0.728. The maximum absolute atomic E-state index is 12.0. The number of anilines is 2. The summed E-state index contributed by atoms with van der Waals surface area (Å²) < 4.78 is 5.01. The van der Waals surface area contributed by atoms with Crippen molar-refractivity contribution >= 4 is 23.3 Å². The lowest BCUT2D eigenvalue weighted by Gasteiger charge is -2.28. The van der Waals surface area contributed by atoms with Crippen LogP contribution in [0.1, 0.15) is 24.8 Å². The molecule has 2 aromatic rings. The van der Waals surface area contributed by atoms with Gasteiger partial charge >= 0.3 is 5.97 Å². The number of amides is 1. The van der Waals surface area contributed by atoms with Crippen LogP contribution in [0.2, 0.25) is 0 Å². The molecule has 6 nitrogen and oxygen atoms in total. The smallest absolute Gasteiger partial charge is 0.310 e. The van der Waals surface area contributed by atoms with Gasteiger partial charge in [0.2, 0.25) is 0 Å². The molecule has 0 atom stereocenters. The average Bonchev–Trinajstić information content (AvgIpc) is 2.69. The van der Waals surface area contributed by atoms with Crippen LogP contribution in [0.4, 0.5) is 11.4 Å². The fraction of sp³-hybridized carbons (Fsp3) is 0.333. The first-order chi connectivity index (χ1) is 13.1. The summed E-state index contributed by atoms with van der Waals surface area (Å²) in [6, 6.07) is 14.0. The van der Waals surface area contributed by atoms with E-state index in [1.165, 1.54) is 31.4 Å². The zero-order chi connectivity index (χ0) is 19.1. The number of piperidine rings is 1. The number of carbonyl (C=O) groups excluding carboxylic acids is 2. The van der Waals surface area contributed by atoms with Gasteiger partial charge in [0.15, 0.2) is 6.61 Å². The molecule has 6 heteroatoms. The average molecular weight is 368 g/mol. The summed E-state index contributed by atoms with van der Waals surface area (Å²) in [5.41, 5.74) is 2.55. The minimum atomic E-state index is -0.490. The Morgan fingerprint density at radius 2 is 1.63 bits per heavy atom. The first kappa shape index (κ1) is 18.8. The van der Waals surface area contributed by atoms with Crippen molar-refractivity contribution < 1.29 is 19.4 Å². The van der Waals surface area contributed by atoms with Crippen molar-refractivity contribution in [2.24, 2.45) is 0 Å². The number of phenols is 1. The Morgan fingerprint density at radius 3 is 2.30 bits per heavy atom. The van der Waals surface area contributed by atoms with E-state index in [0.29, 0.717) is 11.3 Å². The van der Waals surface area contributed by atoms with Crippen molar-refractivity contribution in [3.05, 3.63) is 54.1 Å². The minimum absolute atomic E-state index is 0.0537. The number of hydrogen-bond donors (Lipinski definition) is 2. The number of hydrogen-bond acceptors (Lipinski definition) is 5. The summed E-state index contributed by atoms with van der Waals surface area (Å²) in [4.78, 5) is 26.1. The third kappa shape index (κ3) is 5.74. The number of rotatable bonds is 6. The van der Waals surface area contributed by atoms with Crippen LogP contribution in [0.15, 0.2) is 48.5 Å².